The molecule has 0 aliphatic rings. The second-order valence-electron chi connectivity index (χ2n) is 7.15. The molecule has 180 valence electrons. The number of hydrazone groups is 1. The molecule has 0 atom stereocenters. The van der Waals surface area contributed by atoms with Crippen LogP contribution in [0.15, 0.2) is 70.2 Å². The van der Waals surface area contributed by atoms with Gasteiger partial charge in [0.05, 0.1) is 6.21 Å². The quantitative estimate of drug-likeness (QED) is 0.204. The van der Waals surface area contributed by atoms with Gasteiger partial charge < -0.3 is 15.4 Å². The molecule has 0 unspecified atom stereocenters. The SMILES string of the molecule is Cc1ccc(NC(=O)COc2ccc(Br)cc2/C=N\NC(=O)C(=O)Nc2cccc(Cl)c2)cc1Cl. The van der Waals surface area contributed by atoms with Crippen LogP contribution in [0.5, 0.6) is 5.75 Å². The van der Waals surface area contributed by atoms with E-state index in [4.69, 9.17) is 27.9 Å². The maximum absolute atomic E-state index is 12.3. The summed E-state index contributed by atoms with van der Waals surface area (Å²) < 4.78 is 6.33. The van der Waals surface area contributed by atoms with E-state index < -0.39 is 11.8 Å². The summed E-state index contributed by atoms with van der Waals surface area (Å²) in [7, 11) is 0. The molecule has 0 radical (unpaired) electrons. The molecule has 0 saturated heterocycles. The van der Waals surface area contributed by atoms with Crippen molar-refractivity contribution in [3.63, 3.8) is 0 Å². The number of ether oxygens (including phenoxy) is 1. The summed E-state index contributed by atoms with van der Waals surface area (Å²) in [6, 6.07) is 16.6. The largest absolute Gasteiger partial charge is 0.483 e. The highest BCUT2D eigenvalue weighted by molar-refractivity contribution is 9.10. The predicted octanol–water partition coefficient (Wildman–Crippen LogP) is 5.17. The maximum Gasteiger partial charge on any atom is 0.329 e. The Balaban J connectivity index is 1.58. The highest BCUT2D eigenvalue weighted by atomic mass is 79.9. The molecule has 0 aliphatic carbocycles. The average Bonchev–Trinajstić information content (AvgIpc) is 2.81. The fourth-order valence-electron chi connectivity index (χ4n) is 2.73. The van der Waals surface area contributed by atoms with Crippen LogP contribution >= 0.6 is 39.1 Å². The maximum atomic E-state index is 12.3. The van der Waals surface area contributed by atoms with Gasteiger partial charge >= 0.3 is 11.8 Å². The summed E-state index contributed by atoms with van der Waals surface area (Å²) in [5.41, 5.74) is 4.42. The summed E-state index contributed by atoms with van der Waals surface area (Å²) in [4.78, 5) is 36.3. The summed E-state index contributed by atoms with van der Waals surface area (Å²) >= 11 is 15.3. The minimum absolute atomic E-state index is 0.275. The van der Waals surface area contributed by atoms with Crippen molar-refractivity contribution in [3.8, 4) is 5.75 Å². The molecular formula is C24H19BrCl2N4O4. The van der Waals surface area contributed by atoms with Gasteiger partial charge in [-0.05, 0) is 61.0 Å². The Labute approximate surface area is 219 Å². The van der Waals surface area contributed by atoms with Crippen LogP contribution in [0.4, 0.5) is 11.4 Å². The number of hydrogen-bond donors (Lipinski definition) is 3. The number of nitrogens with one attached hydrogen (secondary N) is 3. The number of carbonyl (C=O) groups is 3. The van der Waals surface area contributed by atoms with Gasteiger partial charge in [-0.2, -0.15) is 5.10 Å². The molecule has 35 heavy (non-hydrogen) atoms. The van der Waals surface area contributed by atoms with Crippen molar-refractivity contribution in [2.45, 2.75) is 6.92 Å². The average molecular weight is 578 g/mol. The fraction of sp³-hybridized carbons (Fsp3) is 0.0833. The van der Waals surface area contributed by atoms with Gasteiger partial charge in [0, 0.05) is 31.5 Å². The normalized spacial score (nSPS) is 10.6. The number of nitrogens with zero attached hydrogens (tertiary/aromatic N) is 1. The van der Waals surface area contributed by atoms with Crippen LogP contribution in [0.1, 0.15) is 11.1 Å². The van der Waals surface area contributed by atoms with Crippen LogP contribution in [-0.4, -0.2) is 30.5 Å². The van der Waals surface area contributed by atoms with Crippen molar-refractivity contribution in [1.82, 2.24) is 5.43 Å². The monoisotopic (exact) mass is 576 g/mol. The van der Waals surface area contributed by atoms with E-state index in [2.05, 4.69) is 37.1 Å². The predicted molar refractivity (Wildman–Crippen MR) is 140 cm³/mol. The number of anilines is 2. The van der Waals surface area contributed by atoms with Crippen molar-refractivity contribution in [1.29, 1.82) is 0 Å². The molecule has 0 fully saturated rings. The third-order valence-electron chi connectivity index (χ3n) is 4.44. The molecule has 0 spiro atoms. The van der Waals surface area contributed by atoms with E-state index in [0.29, 0.717) is 32.7 Å². The summed E-state index contributed by atoms with van der Waals surface area (Å²) in [5, 5.41) is 9.89. The third kappa shape index (κ3) is 8.10. The first-order chi connectivity index (χ1) is 16.7. The molecule has 0 aromatic heterocycles. The minimum atomic E-state index is -0.977. The molecule has 3 amide bonds. The van der Waals surface area contributed by atoms with Gasteiger partial charge in [-0.1, -0.05) is 51.3 Å². The van der Waals surface area contributed by atoms with E-state index in [0.717, 1.165) is 10.0 Å². The first kappa shape index (κ1) is 26.2. The Kier molecular flexibility index (Phi) is 9.25. The number of aryl methyl sites for hydroxylation is 1. The molecule has 0 bridgehead atoms. The molecule has 11 heteroatoms. The first-order valence-corrected chi connectivity index (χ1v) is 11.6. The van der Waals surface area contributed by atoms with Crippen LogP contribution < -0.4 is 20.8 Å². The lowest BCUT2D eigenvalue weighted by atomic mass is 10.2. The zero-order valence-electron chi connectivity index (χ0n) is 18.3. The molecule has 3 rings (SSSR count). The molecule has 0 saturated carbocycles. The lowest BCUT2D eigenvalue weighted by molar-refractivity contribution is -0.136. The van der Waals surface area contributed by atoms with Gasteiger partial charge in [0.15, 0.2) is 6.61 Å². The number of hydrogen-bond acceptors (Lipinski definition) is 5. The van der Waals surface area contributed by atoms with Gasteiger partial charge in [0.2, 0.25) is 0 Å². The lowest BCUT2D eigenvalue weighted by Gasteiger charge is -2.11. The van der Waals surface area contributed by atoms with Crippen LogP contribution in [0.2, 0.25) is 10.0 Å². The molecule has 0 aliphatic heterocycles. The van der Waals surface area contributed by atoms with Crippen molar-refractivity contribution in [2.24, 2.45) is 5.10 Å². The Morgan fingerprint density at radius 3 is 2.49 bits per heavy atom. The Hall–Kier alpha value is -3.40. The van der Waals surface area contributed by atoms with Gasteiger partial charge in [0.1, 0.15) is 5.75 Å². The van der Waals surface area contributed by atoms with E-state index in [1.54, 1.807) is 54.6 Å². The molecule has 0 heterocycles. The van der Waals surface area contributed by atoms with Gasteiger partial charge in [-0.25, -0.2) is 5.43 Å². The topological polar surface area (TPSA) is 109 Å². The van der Waals surface area contributed by atoms with Gasteiger partial charge in [-0.15, -0.1) is 0 Å². The summed E-state index contributed by atoms with van der Waals surface area (Å²) in [5.74, 6) is -1.94. The highest BCUT2D eigenvalue weighted by Gasteiger charge is 2.13. The number of benzene rings is 3. The first-order valence-electron chi connectivity index (χ1n) is 10.1. The Morgan fingerprint density at radius 1 is 0.971 bits per heavy atom. The second kappa shape index (κ2) is 12.3. The van der Waals surface area contributed by atoms with Crippen LogP contribution in [0.25, 0.3) is 0 Å². The van der Waals surface area contributed by atoms with E-state index in [-0.39, 0.29) is 12.5 Å². The van der Waals surface area contributed by atoms with E-state index >= 15 is 0 Å². The van der Waals surface area contributed by atoms with E-state index in [1.807, 2.05) is 6.92 Å². The smallest absolute Gasteiger partial charge is 0.329 e. The zero-order valence-corrected chi connectivity index (χ0v) is 21.4. The second-order valence-corrected chi connectivity index (χ2v) is 8.91. The number of carbonyl (C=O) groups excluding carboxylic acids is 3. The lowest BCUT2D eigenvalue weighted by Crippen LogP contribution is -2.32. The zero-order chi connectivity index (χ0) is 25.4. The third-order valence-corrected chi connectivity index (χ3v) is 5.58. The van der Waals surface area contributed by atoms with Gasteiger partial charge in [0.25, 0.3) is 5.91 Å². The van der Waals surface area contributed by atoms with Crippen molar-refractivity contribution in [3.05, 3.63) is 86.3 Å². The van der Waals surface area contributed by atoms with Crippen molar-refractivity contribution < 1.29 is 19.1 Å². The van der Waals surface area contributed by atoms with Crippen molar-refractivity contribution >= 4 is 74.4 Å². The van der Waals surface area contributed by atoms with Gasteiger partial charge in [-0.3, -0.25) is 14.4 Å². The molecular weight excluding hydrogens is 559 g/mol. The number of amides is 3. The van der Waals surface area contributed by atoms with Crippen LogP contribution in [-0.2, 0) is 14.4 Å². The molecule has 3 N–H and O–H groups in total. The van der Waals surface area contributed by atoms with Crippen LogP contribution in [0.3, 0.4) is 0 Å². The Morgan fingerprint density at radius 2 is 1.74 bits per heavy atom. The standard InChI is InChI=1S/C24H19BrCl2N4O4/c1-14-5-7-19(11-20(14)27)29-22(32)13-35-21-8-6-16(25)9-15(21)12-28-31-24(34)23(33)30-18-4-2-3-17(26)10-18/h2-12H,13H2,1H3,(H,29,32)(H,30,33)(H,31,34)/b28-12-. The van der Waals surface area contributed by atoms with E-state index in [1.165, 1.54) is 12.3 Å². The summed E-state index contributed by atoms with van der Waals surface area (Å²) in [6.07, 6.45) is 1.29. The summed E-state index contributed by atoms with van der Waals surface area (Å²) in [6.45, 7) is 1.59. The minimum Gasteiger partial charge on any atom is -0.483 e. The van der Waals surface area contributed by atoms with E-state index in [9.17, 15) is 14.4 Å². The molecule has 3 aromatic rings. The molecule has 8 nitrogen and oxygen atoms in total. The molecule has 3 aromatic carbocycles. The fourth-order valence-corrected chi connectivity index (χ4v) is 3.48. The Bertz CT molecular complexity index is 1300. The highest BCUT2D eigenvalue weighted by Crippen LogP contribution is 2.23. The number of halogens is 3. The number of rotatable bonds is 7. The van der Waals surface area contributed by atoms with Crippen molar-refractivity contribution in [2.75, 3.05) is 17.2 Å². The van der Waals surface area contributed by atoms with Crippen LogP contribution in [0, 0.1) is 6.92 Å².